The maximum Gasteiger partial charge on any atom is 0.230 e. The Hall–Kier alpha value is -3.48. The third-order valence-electron chi connectivity index (χ3n) is 4.02. The Morgan fingerprint density at radius 3 is 2.46 bits per heavy atom. The monoisotopic (exact) mass is 382 g/mol. The molecule has 7 heteroatoms. The van der Waals surface area contributed by atoms with E-state index >= 15 is 0 Å². The Balaban J connectivity index is 1.64. The lowest BCUT2D eigenvalue weighted by Gasteiger charge is -2.07. The van der Waals surface area contributed by atoms with Crippen LogP contribution >= 0.6 is 0 Å². The highest BCUT2D eigenvalue weighted by Crippen LogP contribution is 2.32. The SMILES string of the molecule is CCOc1ccc(NC(=O)Cc2cc(-c3ccc(OC)c(OC)c3)on2)cc1. The number of anilines is 1. The van der Waals surface area contributed by atoms with Crippen LogP contribution in [0.5, 0.6) is 17.2 Å². The normalized spacial score (nSPS) is 10.4. The summed E-state index contributed by atoms with van der Waals surface area (Å²) in [4.78, 5) is 12.3. The van der Waals surface area contributed by atoms with Gasteiger partial charge in [0.05, 0.1) is 32.9 Å². The largest absolute Gasteiger partial charge is 0.494 e. The van der Waals surface area contributed by atoms with Crippen molar-refractivity contribution in [2.45, 2.75) is 13.3 Å². The van der Waals surface area contributed by atoms with Crippen molar-refractivity contribution in [3.05, 3.63) is 54.2 Å². The summed E-state index contributed by atoms with van der Waals surface area (Å²) in [5.74, 6) is 2.34. The average Bonchev–Trinajstić information content (AvgIpc) is 3.17. The number of ether oxygens (including phenoxy) is 3. The van der Waals surface area contributed by atoms with E-state index in [1.54, 1.807) is 44.6 Å². The van der Waals surface area contributed by atoms with E-state index in [2.05, 4.69) is 10.5 Å². The molecule has 0 saturated heterocycles. The molecule has 0 aliphatic heterocycles. The summed E-state index contributed by atoms with van der Waals surface area (Å²) in [5, 5.41) is 6.81. The molecule has 0 unspecified atom stereocenters. The Kier molecular flexibility index (Phi) is 6.16. The van der Waals surface area contributed by atoms with Crippen LogP contribution in [-0.2, 0) is 11.2 Å². The standard InChI is InChI=1S/C21H22N2O5/c1-4-27-17-8-6-15(7-9-17)22-21(24)13-16-12-19(28-23-16)14-5-10-18(25-2)20(11-14)26-3/h5-12H,4,13H2,1-3H3,(H,22,24). The first kappa shape index (κ1) is 19.3. The Morgan fingerprint density at radius 2 is 1.79 bits per heavy atom. The molecule has 0 spiro atoms. The molecule has 3 rings (SSSR count). The number of nitrogens with zero attached hydrogens (tertiary/aromatic N) is 1. The lowest BCUT2D eigenvalue weighted by Crippen LogP contribution is -2.14. The number of amides is 1. The van der Waals surface area contributed by atoms with Crippen LogP contribution in [0.3, 0.4) is 0 Å². The van der Waals surface area contributed by atoms with E-state index in [9.17, 15) is 4.79 Å². The number of rotatable bonds is 8. The Labute approximate surface area is 163 Å². The van der Waals surface area contributed by atoms with Crippen LogP contribution in [0, 0.1) is 0 Å². The van der Waals surface area contributed by atoms with Crippen molar-refractivity contribution >= 4 is 11.6 Å². The predicted octanol–water partition coefficient (Wildman–Crippen LogP) is 3.94. The van der Waals surface area contributed by atoms with Gasteiger partial charge >= 0.3 is 0 Å². The number of nitrogens with one attached hydrogen (secondary N) is 1. The fourth-order valence-corrected chi connectivity index (χ4v) is 2.69. The quantitative estimate of drug-likeness (QED) is 0.635. The van der Waals surface area contributed by atoms with Gasteiger partial charge in [-0.25, -0.2) is 0 Å². The number of hydrogen-bond donors (Lipinski definition) is 1. The number of methoxy groups -OCH3 is 2. The van der Waals surface area contributed by atoms with E-state index in [0.29, 0.717) is 35.2 Å². The van der Waals surface area contributed by atoms with Crippen LogP contribution in [-0.4, -0.2) is 31.9 Å². The number of carbonyl (C=O) groups excluding carboxylic acids is 1. The summed E-state index contributed by atoms with van der Waals surface area (Å²) < 4.78 is 21.3. The summed E-state index contributed by atoms with van der Waals surface area (Å²) in [6.07, 6.45) is 0.101. The molecule has 7 nitrogen and oxygen atoms in total. The van der Waals surface area contributed by atoms with E-state index in [-0.39, 0.29) is 12.3 Å². The van der Waals surface area contributed by atoms with Gasteiger partial charge in [-0.05, 0) is 49.4 Å². The van der Waals surface area contributed by atoms with Crippen LogP contribution in [0.1, 0.15) is 12.6 Å². The molecule has 2 aromatic carbocycles. The molecule has 0 saturated carbocycles. The van der Waals surface area contributed by atoms with Crippen molar-refractivity contribution in [2.75, 3.05) is 26.1 Å². The smallest absolute Gasteiger partial charge is 0.230 e. The first-order chi connectivity index (χ1) is 13.6. The molecule has 1 aromatic heterocycles. The molecule has 0 atom stereocenters. The van der Waals surface area contributed by atoms with E-state index in [1.807, 2.05) is 25.1 Å². The van der Waals surface area contributed by atoms with Crippen molar-refractivity contribution in [3.8, 4) is 28.6 Å². The van der Waals surface area contributed by atoms with Crippen LogP contribution < -0.4 is 19.5 Å². The Morgan fingerprint density at radius 1 is 1.04 bits per heavy atom. The number of carbonyl (C=O) groups is 1. The highest BCUT2D eigenvalue weighted by atomic mass is 16.5. The van der Waals surface area contributed by atoms with E-state index in [1.165, 1.54) is 0 Å². The lowest BCUT2D eigenvalue weighted by molar-refractivity contribution is -0.115. The second-order valence-electron chi connectivity index (χ2n) is 5.93. The van der Waals surface area contributed by atoms with Crippen molar-refractivity contribution < 1.29 is 23.5 Å². The van der Waals surface area contributed by atoms with Crippen molar-refractivity contribution in [1.82, 2.24) is 5.16 Å². The summed E-state index contributed by atoms with van der Waals surface area (Å²) in [7, 11) is 3.14. The Bertz CT molecular complexity index is 934. The van der Waals surface area contributed by atoms with Crippen molar-refractivity contribution in [3.63, 3.8) is 0 Å². The van der Waals surface area contributed by atoms with Crippen molar-refractivity contribution in [1.29, 1.82) is 0 Å². The zero-order valence-corrected chi connectivity index (χ0v) is 16.0. The maximum absolute atomic E-state index is 12.3. The molecular weight excluding hydrogens is 360 g/mol. The number of hydrogen-bond acceptors (Lipinski definition) is 6. The highest BCUT2D eigenvalue weighted by molar-refractivity contribution is 5.92. The van der Waals surface area contributed by atoms with Gasteiger partial charge in [-0.15, -0.1) is 0 Å². The van der Waals surface area contributed by atoms with E-state index in [4.69, 9.17) is 18.7 Å². The van der Waals surface area contributed by atoms with E-state index in [0.717, 1.165) is 11.3 Å². The van der Waals surface area contributed by atoms with Crippen LogP contribution in [0.4, 0.5) is 5.69 Å². The molecule has 0 fully saturated rings. The molecular formula is C21H22N2O5. The molecule has 0 aliphatic carbocycles. The van der Waals surface area contributed by atoms with Gasteiger partial charge in [0.2, 0.25) is 5.91 Å². The zero-order chi connectivity index (χ0) is 19.9. The zero-order valence-electron chi connectivity index (χ0n) is 16.0. The third-order valence-corrected chi connectivity index (χ3v) is 4.02. The van der Waals surface area contributed by atoms with Gasteiger partial charge in [0.1, 0.15) is 5.75 Å². The molecule has 0 bridgehead atoms. The molecule has 3 aromatic rings. The van der Waals surface area contributed by atoms with Gasteiger partial charge < -0.3 is 24.1 Å². The minimum atomic E-state index is -0.184. The van der Waals surface area contributed by atoms with Gasteiger partial charge in [0.15, 0.2) is 17.3 Å². The molecule has 0 radical (unpaired) electrons. The van der Waals surface area contributed by atoms with Gasteiger partial charge in [-0.3, -0.25) is 4.79 Å². The molecule has 1 heterocycles. The van der Waals surface area contributed by atoms with Crippen molar-refractivity contribution in [2.24, 2.45) is 0 Å². The molecule has 0 aliphatic rings. The third kappa shape index (κ3) is 4.62. The maximum atomic E-state index is 12.3. The number of benzene rings is 2. The fraction of sp³-hybridized carbons (Fsp3) is 0.238. The molecule has 146 valence electrons. The summed E-state index contributed by atoms with van der Waals surface area (Å²) in [5.41, 5.74) is 2.01. The first-order valence-electron chi connectivity index (χ1n) is 8.83. The second-order valence-corrected chi connectivity index (χ2v) is 5.93. The minimum absolute atomic E-state index is 0.101. The average molecular weight is 382 g/mol. The fourth-order valence-electron chi connectivity index (χ4n) is 2.69. The molecule has 1 N–H and O–H groups in total. The van der Waals surface area contributed by atoms with Crippen LogP contribution in [0.2, 0.25) is 0 Å². The predicted molar refractivity (Wildman–Crippen MR) is 105 cm³/mol. The summed E-state index contributed by atoms with van der Waals surface area (Å²) in [6.45, 7) is 2.52. The summed E-state index contributed by atoms with van der Waals surface area (Å²) >= 11 is 0. The van der Waals surface area contributed by atoms with E-state index < -0.39 is 0 Å². The highest BCUT2D eigenvalue weighted by Gasteiger charge is 2.13. The van der Waals surface area contributed by atoms with Gasteiger partial charge in [-0.1, -0.05) is 5.16 Å². The van der Waals surface area contributed by atoms with Crippen LogP contribution in [0.25, 0.3) is 11.3 Å². The number of aromatic nitrogens is 1. The first-order valence-corrected chi connectivity index (χ1v) is 8.83. The van der Waals surface area contributed by atoms with Gasteiger partial charge in [0.25, 0.3) is 0 Å². The second kappa shape index (κ2) is 8.94. The molecule has 28 heavy (non-hydrogen) atoms. The molecule has 1 amide bonds. The summed E-state index contributed by atoms with van der Waals surface area (Å²) in [6, 6.07) is 14.4. The minimum Gasteiger partial charge on any atom is -0.494 e. The lowest BCUT2D eigenvalue weighted by atomic mass is 10.1. The topological polar surface area (TPSA) is 82.8 Å². The van der Waals surface area contributed by atoms with Crippen LogP contribution in [0.15, 0.2) is 53.1 Å². The van der Waals surface area contributed by atoms with Gasteiger partial charge in [0, 0.05) is 17.3 Å². The van der Waals surface area contributed by atoms with Gasteiger partial charge in [-0.2, -0.15) is 0 Å².